The summed E-state index contributed by atoms with van der Waals surface area (Å²) in [5, 5.41) is 1.86. The molecule has 1 aliphatic rings. The molecule has 1 aromatic heterocycles. The highest BCUT2D eigenvalue weighted by atomic mass is 32.1. The Morgan fingerprint density at radius 2 is 1.68 bits per heavy atom. The minimum atomic E-state index is -0.649. The van der Waals surface area contributed by atoms with E-state index in [1.165, 1.54) is 24.5 Å². The number of hydrogen-bond acceptors (Lipinski definition) is 4. The summed E-state index contributed by atoms with van der Waals surface area (Å²) in [5.74, 6) is -1.19. The van der Waals surface area contributed by atoms with Gasteiger partial charge in [-0.1, -0.05) is 24.3 Å². The van der Waals surface area contributed by atoms with Crippen LogP contribution in [0.25, 0.3) is 6.08 Å². The molecular formula is C16H12N2O3S. The maximum Gasteiger partial charge on any atom is 0.338 e. The number of thiophene rings is 1. The third kappa shape index (κ3) is 2.33. The van der Waals surface area contributed by atoms with Crippen LogP contribution < -0.4 is 4.90 Å². The molecule has 4 amide bonds. The van der Waals surface area contributed by atoms with E-state index in [2.05, 4.69) is 0 Å². The zero-order chi connectivity index (χ0) is 15.7. The number of benzene rings is 1. The van der Waals surface area contributed by atoms with Crippen molar-refractivity contribution in [3.63, 3.8) is 0 Å². The fourth-order valence-corrected chi connectivity index (χ4v) is 2.82. The first-order valence-corrected chi connectivity index (χ1v) is 7.44. The van der Waals surface area contributed by atoms with Gasteiger partial charge >= 0.3 is 6.03 Å². The molecule has 0 saturated carbocycles. The van der Waals surface area contributed by atoms with Crippen molar-refractivity contribution in [3.05, 3.63) is 58.3 Å². The highest BCUT2D eigenvalue weighted by molar-refractivity contribution is 7.10. The normalized spacial score (nSPS) is 17.5. The highest BCUT2D eigenvalue weighted by Crippen LogP contribution is 2.25. The Bertz CT molecular complexity index is 766. The second-order valence-corrected chi connectivity index (χ2v) is 5.68. The summed E-state index contributed by atoms with van der Waals surface area (Å²) >= 11 is 1.42. The largest absolute Gasteiger partial charge is 0.338 e. The number of urea groups is 1. The first kappa shape index (κ1) is 14.2. The topological polar surface area (TPSA) is 57.7 Å². The molecule has 6 heteroatoms. The quantitative estimate of drug-likeness (QED) is 0.633. The van der Waals surface area contributed by atoms with E-state index in [-0.39, 0.29) is 5.57 Å². The van der Waals surface area contributed by atoms with Crippen molar-refractivity contribution in [2.45, 2.75) is 0 Å². The van der Waals surface area contributed by atoms with Gasteiger partial charge in [-0.15, -0.1) is 11.3 Å². The van der Waals surface area contributed by atoms with E-state index in [1.807, 2.05) is 17.5 Å². The standard InChI is InChI=1S/C16H12N2O3S/c1-17-14(19)13(10-12-8-5-9-22-12)15(20)18(16(17)21)11-6-3-2-4-7-11/h2-10H,1H3/b13-10+. The van der Waals surface area contributed by atoms with Crippen LogP contribution in [-0.4, -0.2) is 29.8 Å². The number of hydrogen-bond donors (Lipinski definition) is 0. The lowest BCUT2D eigenvalue weighted by atomic mass is 10.1. The van der Waals surface area contributed by atoms with Gasteiger partial charge in [0.25, 0.3) is 11.8 Å². The summed E-state index contributed by atoms with van der Waals surface area (Å²) in [6.07, 6.45) is 1.52. The Morgan fingerprint density at radius 3 is 2.32 bits per heavy atom. The molecule has 2 heterocycles. The van der Waals surface area contributed by atoms with Crippen molar-refractivity contribution in [1.82, 2.24) is 4.90 Å². The molecule has 1 aliphatic heterocycles. The van der Waals surface area contributed by atoms with Gasteiger partial charge in [0.15, 0.2) is 0 Å². The Hall–Kier alpha value is -2.73. The molecule has 1 aromatic carbocycles. The molecule has 0 spiro atoms. The molecule has 110 valence electrons. The van der Waals surface area contributed by atoms with E-state index in [0.29, 0.717) is 5.69 Å². The van der Waals surface area contributed by atoms with Crippen LogP contribution in [0, 0.1) is 0 Å². The molecular weight excluding hydrogens is 300 g/mol. The van der Waals surface area contributed by atoms with Gasteiger partial charge < -0.3 is 0 Å². The zero-order valence-corrected chi connectivity index (χ0v) is 12.5. The first-order valence-electron chi connectivity index (χ1n) is 6.56. The van der Waals surface area contributed by atoms with Crippen molar-refractivity contribution in [2.75, 3.05) is 11.9 Å². The van der Waals surface area contributed by atoms with E-state index in [0.717, 1.165) is 14.7 Å². The number of barbiturate groups is 1. The average Bonchev–Trinajstić information content (AvgIpc) is 3.04. The van der Waals surface area contributed by atoms with Crippen LogP contribution in [0.3, 0.4) is 0 Å². The molecule has 0 N–H and O–H groups in total. The van der Waals surface area contributed by atoms with Crippen LogP contribution in [0.2, 0.25) is 0 Å². The fraction of sp³-hybridized carbons (Fsp3) is 0.0625. The van der Waals surface area contributed by atoms with Crippen LogP contribution in [0.5, 0.6) is 0 Å². The Kier molecular flexibility index (Phi) is 3.60. The molecule has 0 aliphatic carbocycles. The van der Waals surface area contributed by atoms with E-state index in [9.17, 15) is 14.4 Å². The Balaban J connectivity index is 2.07. The van der Waals surface area contributed by atoms with Crippen LogP contribution >= 0.6 is 11.3 Å². The number of anilines is 1. The maximum atomic E-state index is 12.6. The number of nitrogens with zero attached hydrogens (tertiary/aromatic N) is 2. The van der Waals surface area contributed by atoms with Crippen molar-refractivity contribution < 1.29 is 14.4 Å². The predicted molar refractivity (Wildman–Crippen MR) is 84.4 cm³/mol. The van der Waals surface area contributed by atoms with Gasteiger partial charge in [-0.25, -0.2) is 9.69 Å². The Morgan fingerprint density at radius 1 is 0.955 bits per heavy atom. The summed E-state index contributed by atoms with van der Waals surface area (Å²) in [7, 11) is 1.37. The fourth-order valence-electron chi connectivity index (χ4n) is 2.16. The van der Waals surface area contributed by atoms with Crippen molar-refractivity contribution in [2.24, 2.45) is 0 Å². The predicted octanol–water partition coefficient (Wildman–Crippen LogP) is 2.76. The van der Waals surface area contributed by atoms with Crippen molar-refractivity contribution in [3.8, 4) is 0 Å². The summed E-state index contributed by atoms with van der Waals surface area (Å²) in [5.41, 5.74) is 0.419. The smallest absolute Gasteiger partial charge is 0.268 e. The summed E-state index contributed by atoms with van der Waals surface area (Å²) in [6, 6.07) is 11.6. The zero-order valence-electron chi connectivity index (χ0n) is 11.7. The number of para-hydroxylation sites is 1. The van der Waals surface area contributed by atoms with E-state index in [1.54, 1.807) is 30.3 Å². The van der Waals surface area contributed by atoms with Gasteiger partial charge in [-0.05, 0) is 29.7 Å². The monoisotopic (exact) mass is 312 g/mol. The lowest BCUT2D eigenvalue weighted by Gasteiger charge is -2.31. The summed E-state index contributed by atoms with van der Waals surface area (Å²) in [6.45, 7) is 0. The third-order valence-corrected chi connectivity index (χ3v) is 4.11. The molecule has 5 nitrogen and oxygen atoms in total. The van der Waals surface area contributed by atoms with Gasteiger partial charge in [-0.3, -0.25) is 14.5 Å². The molecule has 0 bridgehead atoms. The van der Waals surface area contributed by atoms with E-state index in [4.69, 9.17) is 0 Å². The van der Waals surface area contributed by atoms with E-state index < -0.39 is 17.8 Å². The lowest BCUT2D eigenvalue weighted by molar-refractivity contribution is -0.128. The maximum absolute atomic E-state index is 12.6. The van der Waals surface area contributed by atoms with Crippen molar-refractivity contribution in [1.29, 1.82) is 0 Å². The SMILES string of the molecule is CN1C(=O)/C(=C\c2cccs2)C(=O)N(c2ccccc2)C1=O. The minimum Gasteiger partial charge on any atom is -0.268 e. The van der Waals surface area contributed by atoms with Crippen LogP contribution in [-0.2, 0) is 9.59 Å². The average molecular weight is 312 g/mol. The number of carbonyl (C=O) groups is 3. The molecule has 0 unspecified atom stereocenters. The van der Waals surface area contributed by atoms with Gasteiger partial charge in [0.05, 0.1) is 5.69 Å². The van der Waals surface area contributed by atoms with Crippen LogP contribution in [0.4, 0.5) is 10.5 Å². The number of rotatable bonds is 2. The summed E-state index contributed by atoms with van der Waals surface area (Å²) < 4.78 is 0. The molecule has 2 aromatic rings. The molecule has 1 saturated heterocycles. The highest BCUT2D eigenvalue weighted by Gasteiger charge is 2.40. The van der Waals surface area contributed by atoms with Gasteiger partial charge in [0, 0.05) is 11.9 Å². The Labute approximate surface area is 131 Å². The van der Waals surface area contributed by atoms with Gasteiger partial charge in [0.1, 0.15) is 5.57 Å². The van der Waals surface area contributed by atoms with Crippen molar-refractivity contribution >= 4 is 40.9 Å². The van der Waals surface area contributed by atoms with E-state index >= 15 is 0 Å². The molecule has 0 atom stereocenters. The minimum absolute atomic E-state index is 0.0200. The van der Waals surface area contributed by atoms with Gasteiger partial charge in [0.2, 0.25) is 0 Å². The number of carbonyl (C=O) groups excluding carboxylic acids is 3. The summed E-state index contributed by atoms with van der Waals surface area (Å²) in [4.78, 5) is 39.9. The second kappa shape index (κ2) is 5.57. The molecule has 22 heavy (non-hydrogen) atoms. The van der Waals surface area contributed by atoms with Crippen LogP contribution in [0.1, 0.15) is 4.88 Å². The number of amides is 4. The molecule has 3 rings (SSSR count). The van der Waals surface area contributed by atoms with Crippen LogP contribution in [0.15, 0.2) is 53.4 Å². The lowest BCUT2D eigenvalue weighted by Crippen LogP contribution is -2.55. The third-order valence-electron chi connectivity index (χ3n) is 3.29. The molecule has 0 radical (unpaired) electrons. The second-order valence-electron chi connectivity index (χ2n) is 4.70. The number of likely N-dealkylation sites (N-methyl/N-ethyl adjacent to an activating group) is 1. The molecule has 1 fully saturated rings. The van der Waals surface area contributed by atoms with Gasteiger partial charge in [-0.2, -0.15) is 0 Å². The number of imide groups is 2. The first-order chi connectivity index (χ1) is 10.6.